The highest BCUT2D eigenvalue weighted by molar-refractivity contribution is 7.92. The molecule has 1 aliphatic carbocycles. The third-order valence-electron chi connectivity index (χ3n) is 5.17. The van der Waals surface area contributed by atoms with E-state index in [1.165, 1.54) is 30.5 Å². The second-order valence-electron chi connectivity index (χ2n) is 6.90. The summed E-state index contributed by atoms with van der Waals surface area (Å²) in [6.07, 6.45) is 2.64. The predicted molar refractivity (Wildman–Crippen MR) is 96.1 cm³/mol. The van der Waals surface area contributed by atoms with Crippen molar-refractivity contribution in [1.29, 1.82) is 0 Å². The molecule has 0 radical (unpaired) electrons. The van der Waals surface area contributed by atoms with Crippen LogP contribution in [0.1, 0.15) is 35.6 Å². The summed E-state index contributed by atoms with van der Waals surface area (Å²) in [4.78, 5) is 3.24. The molecule has 1 atom stereocenters. The molecule has 0 aliphatic heterocycles. The third kappa shape index (κ3) is 3.17. The van der Waals surface area contributed by atoms with Gasteiger partial charge in [0.1, 0.15) is 11.6 Å². The number of benzene rings is 2. The van der Waals surface area contributed by atoms with Gasteiger partial charge in [0.2, 0.25) is 0 Å². The molecule has 4 rings (SSSR count). The van der Waals surface area contributed by atoms with Gasteiger partial charge in [0, 0.05) is 29.1 Å². The van der Waals surface area contributed by atoms with Crippen LogP contribution in [0.25, 0.3) is 10.8 Å². The molecule has 9 heteroatoms. The standard InChI is InChI=1S/C20H14F5NO2S/c21-13-9-12-4-1-5-14(17(12)15(22)10-13)19-18-11(7-8-26-19)3-2-6-16(18)29(27,28)20(23,24)25/h2-3,6-10,14H,1,4-5H2. The fraction of sp³-hybridized carbons (Fsp3) is 0.250. The van der Waals surface area contributed by atoms with E-state index >= 15 is 0 Å². The van der Waals surface area contributed by atoms with Crippen molar-refractivity contribution < 1.29 is 30.4 Å². The van der Waals surface area contributed by atoms with E-state index in [0.29, 0.717) is 24.8 Å². The van der Waals surface area contributed by atoms with Gasteiger partial charge in [0.15, 0.2) is 0 Å². The smallest absolute Gasteiger partial charge is 0.260 e. The number of fused-ring (bicyclic) bond motifs is 2. The van der Waals surface area contributed by atoms with Crippen LogP contribution in [-0.4, -0.2) is 18.9 Å². The van der Waals surface area contributed by atoms with Gasteiger partial charge in [0.05, 0.1) is 10.6 Å². The quantitative estimate of drug-likeness (QED) is 0.523. The molecule has 0 saturated heterocycles. The molecule has 0 bridgehead atoms. The van der Waals surface area contributed by atoms with Crippen molar-refractivity contribution in [3.05, 3.63) is 71.1 Å². The minimum absolute atomic E-state index is 0.0392. The van der Waals surface area contributed by atoms with Crippen LogP contribution in [-0.2, 0) is 16.3 Å². The summed E-state index contributed by atoms with van der Waals surface area (Å²) < 4.78 is 92.4. The number of nitrogens with zero attached hydrogens (tertiary/aromatic N) is 1. The van der Waals surface area contributed by atoms with Crippen LogP contribution in [0.4, 0.5) is 22.0 Å². The fourth-order valence-corrected chi connectivity index (χ4v) is 4.98. The van der Waals surface area contributed by atoms with Gasteiger partial charge in [-0.2, -0.15) is 13.2 Å². The Bertz CT molecular complexity index is 1220. The zero-order valence-electron chi connectivity index (χ0n) is 14.8. The number of sulfone groups is 1. The van der Waals surface area contributed by atoms with Gasteiger partial charge in [-0.05, 0) is 48.4 Å². The number of aryl methyl sites for hydroxylation is 1. The SMILES string of the molecule is O=S(=O)(c1cccc2ccnc(C3CCCc4cc(F)cc(F)c43)c12)C(F)(F)F. The maximum absolute atomic E-state index is 14.6. The predicted octanol–water partition coefficient (Wildman–Crippen LogP) is 5.27. The fourth-order valence-electron chi connectivity index (χ4n) is 3.99. The van der Waals surface area contributed by atoms with E-state index in [-0.39, 0.29) is 22.0 Å². The Morgan fingerprint density at radius 2 is 1.83 bits per heavy atom. The van der Waals surface area contributed by atoms with E-state index in [1.54, 1.807) is 0 Å². The highest BCUT2D eigenvalue weighted by Crippen LogP contribution is 2.43. The first kappa shape index (κ1) is 19.8. The summed E-state index contributed by atoms with van der Waals surface area (Å²) in [5, 5.41) is 0.0591. The molecule has 0 N–H and O–H groups in total. The number of hydrogen-bond donors (Lipinski definition) is 0. The van der Waals surface area contributed by atoms with Crippen molar-refractivity contribution in [2.45, 2.75) is 35.6 Å². The van der Waals surface area contributed by atoms with Crippen molar-refractivity contribution in [3.63, 3.8) is 0 Å². The zero-order valence-corrected chi connectivity index (χ0v) is 15.6. The average molecular weight is 427 g/mol. The molecule has 1 unspecified atom stereocenters. The molecule has 1 heterocycles. The number of alkyl halides is 3. The molecule has 2 aromatic carbocycles. The van der Waals surface area contributed by atoms with Crippen molar-refractivity contribution in [3.8, 4) is 0 Å². The van der Waals surface area contributed by atoms with E-state index in [1.807, 2.05) is 0 Å². The average Bonchev–Trinajstić information content (AvgIpc) is 2.65. The molecule has 29 heavy (non-hydrogen) atoms. The first-order valence-corrected chi connectivity index (χ1v) is 10.3. The minimum atomic E-state index is -5.65. The van der Waals surface area contributed by atoms with Crippen LogP contribution >= 0.6 is 0 Å². The Balaban J connectivity index is 2.04. The molecule has 0 fully saturated rings. The second kappa shape index (κ2) is 6.76. The molecule has 1 aromatic heterocycles. The van der Waals surface area contributed by atoms with Crippen molar-refractivity contribution in [1.82, 2.24) is 4.98 Å². The number of aromatic nitrogens is 1. The van der Waals surface area contributed by atoms with Gasteiger partial charge in [-0.3, -0.25) is 4.98 Å². The second-order valence-corrected chi connectivity index (χ2v) is 8.81. The molecule has 3 nitrogen and oxygen atoms in total. The van der Waals surface area contributed by atoms with Gasteiger partial charge in [-0.25, -0.2) is 17.2 Å². The van der Waals surface area contributed by atoms with E-state index in [0.717, 1.165) is 12.1 Å². The lowest BCUT2D eigenvalue weighted by Gasteiger charge is -2.27. The van der Waals surface area contributed by atoms with E-state index in [2.05, 4.69) is 4.98 Å². The first-order chi connectivity index (χ1) is 13.6. The highest BCUT2D eigenvalue weighted by Gasteiger charge is 2.48. The first-order valence-electron chi connectivity index (χ1n) is 8.78. The lowest BCUT2D eigenvalue weighted by atomic mass is 9.79. The zero-order chi connectivity index (χ0) is 21.0. The number of rotatable bonds is 2. The number of pyridine rings is 1. The van der Waals surface area contributed by atoms with E-state index in [4.69, 9.17) is 0 Å². The maximum atomic E-state index is 14.6. The number of hydrogen-bond acceptors (Lipinski definition) is 3. The van der Waals surface area contributed by atoms with Crippen LogP contribution < -0.4 is 0 Å². The summed E-state index contributed by atoms with van der Waals surface area (Å²) in [7, 11) is -5.65. The molecule has 3 aromatic rings. The van der Waals surface area contributed by atoms with Crippen LogP contribution in [0.15, 0.2) is 47.5 Å². The topological polar surface area (TPSA) is 47.0 Å². The Kier molecular flexibility index (Phi) is 4.60. The molecule has 0 spiro atoms. The number of halogens is 5. The summed E-state index contributed by atoms with van der Waals surface area (Å²) in [5.74, 6) is -2.35. The molecule has 0 amide bonds. The highest BCUT2D eigenvalue weighted by atomic mass is 32.2. The molecule has 152 valence electrons. The van der Waals surface area contributed by atoms with Gasteiger partial charge in [-0.1, -0.05) is 12.1 Å². The van der Waals surface area contributed by atoms with Crippen molar-refractivity contribution >= 4 is 20.6 Å². The third-order valence-corrected chi connectivity index (χ3v) is 6.70. The molecule has 0 saturated carbocycles. The monoisotopic (exact) mass is 427 g/mol. The summed E-state index contributed by atoms with van der Waals surface area (Å²) in [6, 6.07) is 6.88. The van der Waals surface area contributed by atoms with Crippen LogP contribution in [0.5, 0.6) is 0 Å². The minimum Gasteiger partial charge on any atom is -0.260 e. The molecular weight excluding hydrogens is 413 g/mol. The molecule has 1 aliphatic rings. The molecular formula is C20H14F5NO2S. The lowest BCUT2D eigenvalue weighted by molar-refractivity contribution is -0.0435. The lowest BCUT2D eigenvalue weighted by Crippen LogP contribution is -2.24. The van der Waals surface area contributed by atoms with Gasteiger partial charge >= 0.3 is 5.51 Å². The van der Waals surface area contributed by atoms with Crippen LogP contribution in [0, 0.1) is 11.6 Å². The summed E-state index contributed by atoms with van der Waals surface area (Å²) in [5.41, 5.74) is -4.89. The van der Waals surface area contributed by atoms with Crippen LogP contribution in [0.2, 0.25) is 0 Å². The van der Waals surface area contributed by atoms with Gasteiger partial charge < -0.3 is 0 Å². The Hall–Kier alpha value is -2.55. The summed E-state index contributed by atoms with van der Waals surface area (Å²) in [6.45, 7) is 0. The Labute approximate surface area is 163 Å². The Morgan fingerprint density at radius 3 is 2.55 bits per heavy atom. The Morgan fingerprint density at radius 1 is 1.07 bits per heavy atom. The maximum Gasteiger partial charge on any atom is 0.501 e. The van der Waals surface area contributed by atoms with Crippen molar-refractivity contribution in [2.24, 2.45) is 0 Å². The van der Waals surface area contributed by atoms with E-state index in [9.17, 15) is 30.4 Å². The normalized spacial score (nSPS) is 17.3. The van der Waals surface area contributed by atoms with Crippen molar-refractivity contribution in [2.75, 3.05) is 0 Å². The van der Waals surface area contributed by atoms with Gasteiger partial charge in [0.25, 0.3) is 9.84 Å². The van der Waals surface area contributed by atoms with E-state index < -0.39 is 37.8 Å². The van der Waals surface area contributed by atoms with Gasteiger partial charge in [-0.15, -0.1) is 0 Å². The largest absolute Gasteiger partial charge is 0.501 e. The van der Waals surface area contributed by atoms with Crippen LogP contribution in [0.3, 0.4) is 0 Å². The summed E-state index contributed by atoms with van der Waals surface area (Å²) >= 11 is 0.